The summed E-state index contributed by atoms with van der Waals surface area (Å²) in [6, 6.07) is 3.14. The van der Waals surface area contributed by atoms with Gasteiger partial charge in [0.05, 0.1) is 13.2 Å². The van der Waals surface area contributed by atoms with Crippen LogP contribution in [0, 0.1) is 5.82 Å². The summed E-state index contributed by atoms with van der Waals surface area (Å²) in [4.78, 5) is 0. The zero-order chi connectivity index (χ0) is 13.3. The van der Waals surface area contributed by atoms with Gasteiger partial charge in [0.15, 0.2) is 11.5 Å². The molecular weight excluding hydrogens is 233 g/mol. The van der Waals surface area contributed by atoms with Gasteiger partial charge in [-0.2, -0.15) is 0 Å². The highest BCUT2D eigenvalue weighted by Gasteiger charge is 2.45. The van der Waals surface area contributed by atoms with Gasteiger partial charge >= 0.3 is 0 Å². The fourth-order valence-electron chi connectivity index (χ4n) is 2.18. The number of halogens is 1. The average Bonchev–Trinajstić information content (AvgIpc) is 3.11. The largest absolute Gasteiger partial charge is 0.493 e. The van der Waals surface area contributed by atoms with Crippen molar-refractivity contribution in [1.82, 2.24) is 0 Å². The van der Waals surface area contributed by atoms with E-state index in [0.29, 0.717) is 23.6 Å². The Morgan fingerprint density at radius 2 is 2.00 bits per heavy atom. The van der Waals surface area contributed by atoms with Crippen LogP contribution in [0.2, 0.25) is 0 Å². The highest BCUT2D eigenvalue weighted by Crippen LogP contribution is 2.50. The minimum atomic E-state index is -0.258. The molecule has 1 aliphatic carbocycles. The van der Waals surface area contributed by atoms with E-state index < -0.39 is 0 Å². The first-order valence-electron chi connectivity index (χ1n) is 6.27. The van der Waals surface area contributed by atoms with Crippen molar-refractivity contribution in [1.29, 1.82) is 0 Å². The summed E-state index contributed by atoms with van der Waals surface area (Å²) >= 11 is 0. The van der Waals surface area contributed by atoms with Gasteiger partial charge in [0.2, 0.25) is 0 Å². The maximum Gasteiger partial charge on any atom is 0.163 e. The lowest BCUT2D eigenvalue weighted by molar-refractivity contribution is 0.229. The van der Waals surface area contributed by atoms with E-state index in [1.165, 1.54) is 13.2 Å². The number of ether oxygens (including phenoxy) is 2. The standard InChI is InChI=1S/C14H20FNO2/c1-9(2)18-13-6-10(14(8-16)4-5-14)11(15)7-12(13)17-3/h6-7,9H,4-5,8,16H2,1-3H3. The maximum absolute atomic E-state index is 14.1. The Morgan fingerprint density at radius 1 is 1.33 bits per heavy atom. The van der Waals surface area contributed by atoms with Gasteiger partial charge in [-0.05, 0) is 38.3 Å². The first kappa shape index (κ1) is 13.1. The molecule has 0 spiro atoms. The molecule has 0 unspecified atom stereocenters. The molecule has 2 N–H and O–H groups in total. The van der Waals surface area contributed by atoms with Crippen LogP contribution in [0.5, 0.6) is 11.5 Å². The molecule has 1 aromatic carbocycles. The lowest BCUT2D eigenvalue weighted by Crippen LogP contribution is -2.21. The number of benzene rings is 1. The van der Waals surface area contributed by atoms with E-state index in [2.05, 4.69) is 0 Å². The first-order chi connectivity index (χ1) is 8.52. The molecule has 4 heteroatoms. The minimum Gasteiger partial charge on any atom is -0.493 e. The van der Waals surface area contributed by atoms with Crippen LogP contribution in [0.3, 0.4) is 0 Å². The third kappa shape index (κ3) is 2.29. The summed E-state index contributed by atoms with van der Waals surface area (Å²) < 4.78 is 24.9. The molecule has 1 fully saturated rings. The average molecular weight is 253 g/mol. The van der Waals surface area contributed by atoms with E-state index in [9.17, 15) is 4.39 Å². The molecule has 0 saturated heterocycles. The SMILES string of the molecule is COc1cc(F)c(C2(CN)CC2)cc1OC(C)C. The van der Waals surface area contributed by atoms with Crippen molar-refractivity contribution in [2.45, 2.75) is 38.2 Å². The van der Waals surface area contributed by atoms with E-state index >= 15 is 0 Å². The third-order valence-electron chi connectivity index (χ3n) is 3.43. The summed E-state index contributed by atoms with van der Waals surface area (Å²) in [5.41, 5.74) is 6.22. The topological polar surface area (TPSA) is 44.5 Å². The summed E-state index contributed by atoms with van der Waals surface area (Å²) in [6.07, 6.45) is 1.90. The van der Waals surface area contributed by atoms with Crippen molar-refractivity contribution in [2.75, 3.05) is 13.7 Å². The highest BCUT2D eigenvalue weighted by atomic mass is 19.1. The summed E-state index contributed by atoms with van der Waals surface area (Å²) in [7, 11) is 1.51. The van der Waals surface area contributed by atoms with Gasteiger partial charge in [0, 0.05) is 18.0 Å². The molecule has 2 rings (SSSR count). The van der Waals surface area contributed by atoms with Crippen molar-refractivity contribution >= 4 is 0 Å². The molecule has 0 amide bonds. The summed E-state index contributed by atoms with van der Waals surface area (Å²) in [5, 5.41) is 0. The molecule has 1 aromatic rings. The van der Waals surface area contributed by atoms with E-state index in [1.807, 2.05) is 13.8 Å². The van der Waals surface area contributed by atoms with Crippen molar-refractivity contribution < 1.29 is 13.9 Å². The van der Waals surface area contributed by atoms with Crippen molar-refractivity contribution in [2.24, 2.45) is 5.73 Å². The van der Waals surface area contributed by atoms with Gasteiger partial charge in [0.1, 0.15) is 5.82 Å². The zero-order valence-corrected chi connectivity index (χ0v) is 11.1. The van der Waals surface area contributed by atoms with Crippen LogP contribution in [-0.4, -0.2) is 19.8 Å². The Hall–Kier alpha value is -1.29. The smallest absolute Gasteiger partial charge is 0.163 e. The van der Waals surface area contributed by atoms with Crippen LogP contribution in [0.1, 0.15) is 32.3 Å². The summed E-state index contributed by atoms with van der Waals surface area (Å²) in [6.45, 7) is 4.33. The molecule has 1 aliphatic rings. The minimum absolute atomic E-state index is 0.0187. The van der Waals surface area contributed by atoms with Crippen LogP contribution in [0.25, 0.3) is 0 Å². The highest BCUT2D eigenvalue weighted by molar-refractivity contribution is 5.48. The zero-order valence-electron chi connectivity index (χ0n) is 11.1. The Bertz CT molecular complexity index is 442. The molecule has 0 aromatic heterocycles. The predicted molar refractivity (Wildman–Crippen MR) is 68.7 cm³/mol. The van der Waals surface area contributed by atoms with Gasteiger partial charge in [0.25, 0.3) is 0 Å². The second-order valence-corrected chi connectivity index (χ2v) is 5.13. The normalized spacial score (nSPS) is 16.8. The van der Waals surface area contributed by atoms with Crippen LogP contribution >= 0.6 is 0 Å². The number of methoxy groups -OCH3 is 1. The second-order valence-electron chi connectivity index (χ2n) is 5.13. The van der Waals surface area contributed by atoms with Gasteiger partial charge < -0.3 is 15.2 Å². The van der Waals surface area contributed by atoms with Gasteiger partial charge in [-0.25, -0.2) is 4.39 Å². The fraction of sp³-hybridized carbons (Fsp3) is 0.571. The number of rotatable bonds is 5. The van der Waals surface area contributed by atoms with E-state index in [4.69, 9.17) is 15.2 Å². The molecule has 1 saturated carbocycles. The Labute approximate surface area is 107 Å². The molecule has 0 aliphatic heterocycles. The van der Waals surface area contributed by atoms with Crippen molar-refractivity contribution in [3.05, 3.63) is 23.5 Å². The van der Waals surface area contributed by atoms with Gasteiger partial charge in [-0.15, -0.1) is 0 Å². The van der Waals surface area contributed by atoms with Gasteiger partial charge in [-0.1, -0.05) is 0 Å². The number of nitrogens with two attached hydrogens (primary N) is 1. The van der Waals surface area contributed by atoms with E-state index in [-0.39, 0.29) is 17.3 Å². The van der Waals surface area contributed by atoms with Crippen LogP contribution < -0.4 is 15.2 Å². The van der Waals surface area contributed by atoms with Crippen molar-refractivity contribution in [3.63, 3.8) is 0 Å². The summed E-state index contributed by atoms with van der Waals surface area (Å²) in [5.74, 6) is 0.757. The first-order valence-corrected chi connectivity index (χ1v) is 6.27. The molecule has 0 bridgehead atoms. The number of hydrogen-bond donors (Lipinski definition) is 1. The molecule has 3 nitrogen and oxygen atoms in total. The Kier molecular flexibility index (Phi) is 3.48. The lowest BCUT2D eigenvalue weighted by Gasteiger charge is -2.19. The van der Waals surface area contributed by atoms with Crippen LogP contribution in [-0.2, 0) is 5.41 Å². The Morgan fingerprint density at radius 3 is 2.44 bits per heavy atom. The lowest BCUT2D eigenvalue weighted by atomic mass is 9.95. The molecule has 0 atom stereocenters. The van der Waals surface area contributed by atoms with Crippen LogP contribution in [0.4, 0.5) is 4.39 Å². The Balaban J connectivity index is 2.42. The molecular formula is C14H20FNO2. The van der Waals surface area contributed by atoms with Gasteiger partial charge in [-0.3, -0.25) is 0 Å². The van der Waals surface area contributed by atoms with Crippen LogP contribution in [0.15, 0.2) is 12.1 Å². The van der Waals surface area contributed by atoms with Crippen molar-refractivity contribution in [3.8, 4) is 11.5 Å². The van der Waals surface area contributed by atoms with E-state index in [1.54, 1.807) is 6.07 Å². The number of hydrogen-bond acceptors (Lipinski definition) is 3. The molecule has 100 valence electrons. The molecule has 0 heterocycles. The second kappa shape index (κ2) is 4.76. The monoisotopic (exact) mass is 253 g/mol. The molecule has 0 radical (unpaired) electrons. The quantitative estimate of drug-likeness (QED) is 0.877. The third-order valence-corrected chi connectivity index (χ3v) is 3.43. The predicted octanol–water partition coefficient (Wildman–Crippen LogP) is 2.61. The van der Waals surface area contributed by atoms with E-state index in [0.717, 1.165) is 12.8 Å². The maximum atomic E-state index is 14.1. The molecule has 18 heavy (non-hydrogen) atoms. The fourth-order valence-corrected chi connectivity index (χ4v) is 2.18.